The molecular weight excluding hydrogens is 1660 g/mol. The van der Waals surface area contributed by atoms with Gasteiger partial charge in [-0.25, -0.2) is 0 Å². The standard InChI is InChI=1S/C117H101O14P/c1-11-31-87(32-12-1)72-118-102-51-95(52-103(65-102)119-73-88-33-13-2-14-34-88)80-126-110-59-99(60-111(69-110)127-81-96-53-104(120-74-89-35-15-3-16-36-89)66-105(54-96)121-75-90-37-17-4-18-38-90)84-130-114-63-101(86-132(116-47-27-9-28-48-116)117-49-29-10-30-50-117)64-115(71-114)131-85-100-61-112(128-82-97-55-106(122-76-91-39-19-5-20-40-91)67-107(56-97)123-77-92-41-21-6-22-42-92)70-113(62-100)129-83-98-57-108(124-78-93-43-23-7-24-44-93)68-109(58-98)125-79-94-45-25-8-26-46-94/h1-71H,72-86H2. The van der Waals surface area contributed by atoms with Crippen molar-refractivity contribution in [1.29, 1.82) is 0 Å². The van der Waals surface area contributed by atoms with Gasteiger partial charge in [0.2, 0.25) is 0 Å². The molecule has 0 heterocycles. The van der Waals surface area contributed by atoms with Gasteiger partial charge in [0.1, 0.15) is 173 Å². The normalized spacial score (nSPS) is 10.9. The Morgan fingerprint density at radius 3 is 0.364 bits per heavy atom. The Morgan fingerprint density at radius 1 is 0.114 bits per heavy atom. The smallest absolute Gasteiger partial charge is 0.123 e. The average Bonchev–Trinajstić information content (AvgIpc) is 0.816. The second-order valence-electron chi connectivity index (χ2n) is 31.9. The van der Waals surface area contributed by atoms with Gasteiger partial charge in [-0.05, 0) is 187 Å². The minimum Gasteiger partial charge on any atom is -0.489 e. The van der Waals surface area contributed by atoms with Crippen LogP contribution >= 0.6 is 7.92 Å². The first-order valence-electron chi connectivity index (χ1n) is 44.2. The summed E-state index contributed by atoms with van der Waals surface area (Å²) < 4.78 is 93.7. The molecule has 14 nitrogen and oxygen atoms in total. The Bertz CT molecular complexity index is 5480. The second-order valence-corrected chi connectivity index (χ2v) is 34.1. The molecule has 0 N–H and O–H groups in total. The highest BCUT2D eigenvalue weighted by atomic mass is 31.1. The summed E-state index contributed by atoms with van der Waals surface area (Å²) in [5, 5.41) is 2.46. The van der Waals surface area contributed by atoms with Crippen LogP contribution in [0, 0.1) is 0 Å². The minimum atomic E-state index is -0.932. The summed E-state index contributed by atoms with van der Waals surface area (Å²) in [7, 11) is -0.932. The number of hydrogen-bond donors (Lipinski definition) is 0. The van der Waals surface area contributed by atoms with Gasteiger partial charge in [-0.15, -0.1) is 0 Å². The molecule has 15 heteroatoms. The molecule has 0 aliphatic rings. The van der Waals surface area contributed by atoms with Crippen molar-refractivity contribution in [1.82, 2.24) is 0 Å². The van der Waals surface area contributed by atoms with Crippen molar-refractivity contribution in [3.05, 3.63) is 514 Å². The Labute approximate surface area is 773 Å². The van der Waals surface area contributed by atoms with Gasteiger partial charge in [0.05, 0.1) is 0 Å². The quantitative estimate of drug-likeness (QED) is 0.0336. The summed E-state index contributed by atoms with van der Waals surface area (Å²) in [5.74, 6) is 8.47. The van der Waals surface area contributed by atoms with Crippen LogP contribution in [0.2, 0.25) is 0 Å². The van der Waals surface area contributed by atoms with Gasteiger partial charge in [0.15, 0.2) is 0 Å². The van der Waals surface area contributed by atoms with E-state index in [9.17, 15) is 0 Å². The molecule has 0 radical (unpaired) electrons. The van der Waals surface area contributed by atoms with Crippen molar-refractivity contribution in [2.24, 2.45) is 0 Å². The maximum atomic E-state index is 7.12. The molecular formula is C117H101O14P. The maximum absolute atomic E-state index is 7.12. The highest BCUT2D eigenvalue weighted by molar-refractivity contribution is 7.72. The molecule has 0 spiro atoms. The third kappa shape index (κ3) is 27.7. The first kappa shape index (κ1) is 88.4. The predicted molar refractivity (Wildman–Crippen MR) is 520 cm³/mol. The third-order valence-electron chi connectivity index (χ3n) is 21.5. The summed E-state index contributed by atoms with van der Waals surface area (Å²) in [6, 6.07) is 144. The van der Waals surface area contributed by atoms with Crippen molar-refractivity contribution in [2.75, 3.05) is 0 Å². The Hall–Kier alpha value is -15.6. The highest BCUT2D eigenvalue weighted by Crippen LogP contribution is 2.42. The average molecular weight is 1760 g/mol. The zero-order valence-corrected chi connectivity index (χ0v) is 74.2. The van der Waals surface area contributed by atoms with Crippen LogP contribution in [0.5, 0.6) is 80.5 Å². The summed E-state index contributed by atoms with van der Waals surface area (Å²) in [6.45, 7) is 3.75. The number of rotatable bonds is 46. The third-order valence-corrected chi connectivity index (χ3v) is 24.0. The summed E-state index contributed by atoms with van der Waals surface area (Å²) in [5.41, 5.74) is 14.2. The monoisotopic (exact) mass is 1760 g/mol. The van der Waals surface area contributed by atoms with E-state index in [1.165, 1.54) is 10.6 Å². The molecule has 0 aliphatic heterocycles. The first-order chi connectivity index (χ1) is 65.2. The van der Waals surface area contributed by atoms with Crippen LogP contribution in [0.15, 0.2) is 431 Å². The van der Waals surface area contributed by atoms with E-state index in [-0.39, 0.29) is 39.6 Å². The Balaban J connectivity index is 0.692. The van der Waals surface area contributed by atoms with Crippen LogP contribution in [0.1, 0.15) is 83.5 Å². The van der Waals surface area contributed by atoms with Gasteiger partial charge in [0.25, 0.3) is 0 Å². The summed E-state index contributed by atoms with van der Waals surface area (Å²) >= 11 is 0. The van der Waals surface area contributed by atoms with Crippen LogP contribution in [0.3, 0.4) is 0 Å². The molecule has 0 amide bonds. The zero-order valence-electron chi connectivity index (χ0n) is 73.3. The summed E-state index contributed by atoms with van der Waals surface area (Å²) in [4.78, 5) is 0. The van der Waals surface area contributed by atoms with Crippen molar-refractivity contribution in [2.45, 2.75) is 98.7 Å². The lowest BCUT2D eigenvalue weighted by molar-refractivity contribution is 0.270. The number of hydrogen-bond acceptors (Lipinski definition) is 14. The lowest BCUT2D eigenvalue weighted by atomic mass is 10.1. The zero-order chi connectivity index (χ0) is 89.2. The van der Waals surface area contributed by atoms with Crippen molar-refractivity contribution in [3.63, 3.8) is 0 Å². The molecule has 17 aromatic carbocycles. The predicted octanol–water partition coefficient (Wildman–Crippen LogP) is 26.4. The number of ether oxygens (including phenoxy) is 14. The fourth-order valence-corrected chi connectivity index (χ4v) is 17.1. The van der Waals surface area contributed by atoms with Gasteiger partial charge in [0, 0.05) is 48.6 Å². The molecule has 0 aliphatic carbocycles. The molecule has 0 unspecified atom stereocenters. The van der Waals surface area contributed by atoms with E-state index >= 15 is 0 Å². The first-order valence-corrected chi connectivity index (χ1v) is 45.7. The summed E-state index contributed by atoms with van der Waals surface area (Å²) in [6.07, 6.45) is 0.670. The topological polar surface area (TPSA) is 129 Å². The van der Waals surface area contributed by atoms with Crippen molar-refractivity contribution < 1.29 is 66.3 Å². The lowest BCUT2D eigenvalue weighted by Crippen LogP contribution is -2.13. The Kier molecular flexibility index (Phi) is 31.1. The van der Waals surface area contributed by atoms with E-state index in [2.05, 4.69) is 72.8 Å². The van der Waals surface area contributed by atoms with Gasteiger partial charge >= 0.3 is 0 Å². The van der Waals surface area contributed by atoms with E-state index in [1.807, 2.05) is 358 Å². The lowest BCUT2D eigenvalue weighted by Gasteiger charge is -2.20. The molecule has 0 saturated heterocycles. The fourth-order valence-electron chi connectivity index (χ4n) is 14.8. The highest BCUT2D eigenvalue weighted by Gasteiger charge is 2.20. The van der Waals surface area contributed by atoms with E-state index in [0.717, 1.165) is 83.5 Å². The van der Waals surface area contributed by atoms with Gasteiger partial charge in [-0.3, -0.25) is 0 Å². The van der Waals surface area contributed by atoms with Crippen LogP contribution in [0.25, 0.3) is 0 Å². The van der Waals surface area contributed by atoms with Crippen LogP contribution in [-0.4, -0.2) is 0 Å². The Morgan fingerprint density at radius 2 is 0.227 bits per heavy atom. The van der Waals surface area contributed by atoms with Crippen molar-refractivity contribution >= 4 is 18.5 Å². The molecule has 17 rings (SSSR count). The van der Waals surface area contributed by atoms with Crippen LogP contribution in [0.4, 0.5) is 0 Å². The number of benzene rings is 17. The van der Waals surface area contributed by atoms with Gasteiger partial charge in [-0.1, -0.05) is 303 Å². The molecule has 132 heavy (non-hydrogen) atoms. The van der Waals surface area contributed by atoms with Crippen molar-refractivity contribution in [3.8, 4) is 80.5 Å². The molecule has 0 atom stereocenters. The van der Waals surface area contributed by atoms with E-state index in [0.29, 0.717) is 140 Å². The molecule has 658 valence electrons. The van der Waals surface area contributed by atoms with Gasteiger partial charge < -0.3 is 66.3 Å². The van der Waals surface area contributed by atoms with Gasteiger partial charge in [-0.2, -0.15) is 0 Å². The molecule has 0 saturated carbocycles. The SMILES string of the molecule is c1ccc(COc2cc(COc3cc(COc4cc(CP(c5ccccc5)c5ccccc5)cc(OCc5cc(OCc6cc(OCc7ccccc7)cc(OCc7ccccc7)c6)cc(OCc6cc(OCc7ccccc7)cc(OCc7ccccc7)c6)c5)c4)cc(OCc4cc(OCc5ccccc5)cc(OCc5ccccc5)c4)c3)cc(OCc3ccccc3)c2)cc1. The second kappa shape index (κ2) is 46.4. The molecule has 0 bridgehead atoms. The van der Waals surface area contributed by atoms with Crippen LogP contribution in [-0.2, 0) is 98.7 Å². The largest absolute Gasteiger partial charge is 0.489 e. The maximum Gasteiger partial charge on any atom is 0.123 e. The van der Waals surface area contributed by atoms with E-state index in [4.69, 9.17) is 66.3 Å². The molecule has 0 fully saturated rings. The fraction of sp³-hybridized carbons (Fsp3) is 0.128. The van der Waals surface area contributed by atoms with Crippen LogP contribution < -0.4 is 76.9 Å². The molecule has 17 aromatic rings. The minimum absolute atomic E-state index is 0.106. The van der Waals surface area contributed by atoms with E-state index in [1.54, 1.807) is 0 Å². The molecule has 0 aromatic heterocycles. The van der Waals surface area contributed by atoms with E-state index < -0.39 is 7.92 Å².